The predicted octanol–water partition coefficient (Wildman–Crippen LogP) is 6.26. The van der Waals surface area contributed by atoms with Crippen molar-refractivity contribution in [3.05, 3.63) is 116 Å². The molecule has 15 nitrogen and oxygen atoms in total. The largest absolute Gasteiger partial charge is 0.385 e. The molecule has 7 heterocycles. The zero-order valence-corrected chi connectivity index (χ0v) is 37.7. The number of imide groups is 1. The normalized spacial score (nSPS) is 20.5. The predicted molar refractivity (Wildman–Crippen MR) is 250 cm³/mol. The molecule has 4 fully saturated rings. The highest BCUT2D eigenvalue weighted by atomic mass is 16.3. The quantitative estimate of drug-likeness (QED) is 0.100. The van der Waals surface area contributed by atoms with Crippen LogP contribution in [0.3, 0.4) is 0 Å². The lowest BCUT2D eigenvalue weighted by Gasteiger charge is -2.38. The van der Waals surface area contributed by atoms with Crippen molar-refractivity contribution in [1.82, 2.24) is 34.6 Å². The molecule has 1 saturated carbocycles. The molecule has 15 heteroatoms. The summed E-state index contributed by atoms with van der Waals surface area (Å²) in [6.07, 6.45) is 12.4. The number of Topliss-reactive ketones (excluding diaryl/α,β-unsaturated/α-hetero) is 1. The summed E-state index contributed by atoms with van der Waals surface area (Å²) in [5, 5.41) is 18.1. The Hall–Kier alpha value is -6.32. The Morgan fingerprint density at radius 2 is 1.62 bits per heavy atom. The van der Waals surface area contributed by atoms with Gasteiger partial charge in [0.05, 0.1) is 23.0 Å². The molecule has 1 atom stereocenters. The van der Waals surface area contributed by atoms with Crippen LogP contribution in [0, 0.1) is 12.8 Å². The molecule has 3 N–H and O–H groups in total. The van der Waals surface area contributed by atoms with Gasteiger partial charge in [-0.15, -0.1) is 0 Å². The molecule has 5 aliphatic rings. The van der Waals surface area contributed by atoms with Crippen LogP contribution in [0.15, 0.2) is 71.8 Å². The van der Waals surface area contributed by atoms with Crippen LogP contribution in [0.2, 0.25) is 0 Å². The third-order valence-corrected chi connectivity index (χ3v) is 14.9. The van der Waals surface area contributed by atoms with Gasteiger partial charge in [-0.2, -0.15) is 4.98 Å². The molecular formula is C51H57N9O6. The monoisotopic (exact) mass is 891 g/mol. The van der Waals surface area contributed by atoms with Gasteiger partial charge in [0.1, 0.15) is 17.5 Å². The van der Waals surface area contributed by atoms with Crippen molar-refractivity contribution in [3.8, 4) is 0 Å². The van der Waals surface area contributed by atoms with Crippen molar-refractivity contribution in [2.75, 3.05) is 36.4 Å². The van der Waals surface area contributed by atoms with E-state index in [-0.39, 0.29) is 41.2 Å². The number of nitrogens with zero attached hydrogens (tertiary/aromatic N) is 7. The van der Waals surface area contributed by atoms with Crippen LogP contribution in [0.5, 0.6) is 0 Å². The number of carbonyl (C=O) groups excluding carboxylic acids is 4. The van der Waals surface area contributed by atoms with Crippen LogP contribution in [0.1, 0.15) is 126 Å². The van der Waals surface area contributed by atoms with E-state index in [1.807, 2.05) is 24.4 Å². The number of hydrogen-bond donors (Lipinski definition) is 3. The van der Waals surface area contributed by atoms with Crippen LogP contribution in [0.4, 0.5) is 17.5 Å². The van der Waals surface area contributed by atoms with E-state index in [4.69, 9.17) is 9.97 Å². The van der Waals surface area contributed by atoms with Gasteiger partial charge in [0.15, 0.2) is 5.78 Å². The van der Waals surface area contributed by atoms with E-state index in [9.17, 15) is 29.1 Å². The average Bonchev–Trinajstić information content (AvgIpc) is 3.96. The number of pyridine rings is 2. The van der Waals surface area contributed by atoms with E-state index in [1.54, 1.807) is 28.7 Å². The Kier molecular flexibility index (Phi) is 11.8. The molecule has 0 radical (unpaired) electrons. The van der Waals surface area contributed by atoms with Crippen LogP contribution < -0.4 is 21.1 Å². The van der Waals surface area contributed by atoms with Crippen LogP contribution in [-0.4, -0.2) is 90.2 Å². The van der Waals surface area contributed by atoms with E-state index in [2.05, 4.69) is 55.7 Å². The maximum absolute atomic E-state index is 13.6. The van der Waals surface area contributed by atoms with Crippen molar-refractivity contribution in [3.63, 3.8) is 0 Å². The van der Waals surface area contributed by atoms with Gasteiger partial charge in [0.25, 0.3) is 11.5 Å². The molecule has 66 heavy (non-hydrogen) atoms. The Morgan fingerprint density at radius 3 is 2.32 bits per heavy atom. The second-order valence-corrected chi connectivity index (χ2v) is 19.2. The fraction of sp³-hybridized carbons (Fsp3) is 0.451. The lowest BCUT2D eigenvalue weighted by Crippen LogP contribution is -2.52. The third kappa shape index (κ3) is 8.50. The number of aryl methyl sites for hydroxylation is 1. The molecule has 3 amide bonds. The first-order valence-electron chi connectivity index (χ1n) is 23.6. The molecular weight excluding hydrogens is 835 g/mol. The number of piperidine rings is 3. The van der Waals surface area contributed by atoms with Gasteiger partial charge in [-0.05, 0) is 117 Å². The van der Waals surface area contributed by atoms with Crippen LogP contribution in [0.25, 0.3) is 11.0 Å². The molecule has 4 aliphatic heterocycles. The number of likely N-dealkylation sites (tertiary alicyclic amines) is 1. The number of aromatic nitrogens is 4. The highest BCUT2D eigenvalue weighted by Crippen LogP contribution is 2.38. The Labute approximate surface area is 383 Å². The molecule has 3 aromatic heterocycles. The molecule has 1 aliphatic carbocycles. The minimum absolute atomic E-state index is 0.0127. The van der Waals surface area contributed by atoms with Crippen molar-refractivity contribution >= 4 is 52.0 Å². The average molecular weight is 892 g/mol. The highest BCUT2D eigenvalue weighted by molar-refractivity contribution is 6.05. The number of fused-ring (bicyclic) bond motifs is 2. The fourth-order valence-electron chi connectivity index (χ4n) is 11.1. The summed E-state index contributed by atoms with van der Waals surface area (Å²) in [5.74, 6) is 0.391. The molecule has 2 aromatic carbocycles. The minimum Gasteiger partial charge on any atom is -0.385 e. The van der Waals surface area contributed by atoms with Crippen LogP contribution >= 0.6 is 0 Å². The summed E-state index contributed by atoms with van der Waals surface area (Å²) < 4.78 is 1.72. The molecule has 1 unspecified atom stereocenters. The van der Waals surface area contributed by atoms with Gasteiger partial charge in [0, 0.05) is 68.9 Å². The number of amides is 3. The molecule has 342 valence electrons. The summed E-state index contributed by atoms with van der Waals surface area (Å²) in [6.45, 7) is 7.76. The first kappa shape index (κ1) is 43.6. The van der Waals surface area contributed by atoms with E-state index in [0.717, 1.165) is 94.5 Å². The maximum Gasteiger partial charge on any atom is 0.263 e. The molecule has 0 spiro atoms. The summed E-state index contributed by atoms with van der Waals surface area (Å²) in [7, 11) is 0. The first-order valence-corrected chi connectivity index (χ1v) is 23.6. The summed E-state index contributed by atoms with van der Waals surface area (Å²) in [4.78, 5) is 83.8. The second-order valence-electron chi connectivity index (χ2n) is 19.2. The van der Waals surface area contributed by atoms with Gasteiger partial charge in [0.2, 0.25) is 17.8 Å². The van der Waals surface area contributed by atoms with Crippen molar-refractivity contribution in [1.29, 1.82) is 0 Å². The minimum atomic E-state index is -0.991. The standard InChI is InChI=1S/C51H57N9O6/c1-31-41-28-53-50(56-46(41)60(38-5-3-4-6-38)49(65)45(31)32(2)61)54-43-15-12-39(27-52-43)58-21-17-34(18-22-58)25-33-7-9-35(10-8-33)29-57-23-19-51(66,20-24-57)37-11-13-40-36(26-37)30-59(48(40)64)42-14-16-44(62)55-47(42)63/h7-13,15,26-28,34,38,42,66H,3-6,14,16-25,29-30H2,1-2H3,(H,55,62,63)(H,52,53,54,56). The lowest BCUT2D eigenvalue weighted by molar-refractivity contribution is -0.136. The molecule has 3 saturated heterocycles. The second kappa shape index (κ2) is 17.8. The molecule has 5 aromatic rings. The zero-order chi connectivity index (χ0) is 45.7. The van der Waals surface area contributed by atoms with Gasteiger partial charge >= 0.3 is 0 Å². The van der Waals surface area contributed by atoms with E-state index < -0.39 is 17.6 Å². The molecule has 10 rings (SSSR count). The number of rotatable bonds is 11. The van der Waals surface area contributed by atoms with E-state index in [0.29, 0.717) is 65.7 Å². The SMILES string of the molecule is CC(=O)c1c(C)c2cnc(Nc3ccc(N4CCC(Cc5ccc(CN6CCC(O)(c7ccc8c(c7)CN(C7CCC(=O)NC7=O)C8=O)CC6)cc5)CC4)cn3)nc2n(C2CCCC2)c1=O. The number of aliphatic hydroxyl groups is 1. The van der Waals surface area contributed by atoms with Gasteiger partial charge in [-0.25, -0.2) is 9.97 Å². The summed E-state index contributed by atoms with van der Waals surface area (Å²) >= 11 is 0. The van der Waals surface area contributed by atoms with Crippen LogP contribution in [-0.2, 0) is 34.7 Å². The lowest BCUT2D eigenvalue weighted by atomic mass is 9.83. The third-order valence-electron chi connectivity index (χ3n) is 14.9. The Bertz CT molecular complexity index is 2770. The highest BCUT2D eigenvalue weighted by Gasteiger charge is 2.41. The van der Waals surface area contributed by atoms with Gasteiger partial charge in [-0.3, -0.25) is 38.8 Å². The van der Waals surface area contributed by atoms with Gasteiger partial charge in [-0.1, -0.05) is 49.2 Å². The Morgan fingerprint density at radius 1 is 0.879 bits per heavy atom. The first-order chi connectivity index (χ1) is 31.9. The van der Waals surface area contributed by atoms with E-state index in [1.165, 1.54) is 18.1 Å². The number of benzene rings is 2. The number of ketones is 1. The summed E-state index contributed by atoms with van der Waals surface area (Å²) in [5.41, 5.74) is 5.98. The topological polar surface area (TPSA) is 183 Å². The van der Waals surface area contributed by atoms with E-state index >= 15 is 0 Å². The fourth-order valence-corrected chi connectivity index (χ4v) is 11.1. The van der Waals surface area contributed by atoms with Crippen molar-refractivity contribution in [2.24, 2.45) is 5.92 Å². The number of anilines is 3. The maximum atomic E-state index is 13.6. The number of hydrogen-bond acceptors (Lipinski definition) is 12. The number of carbonyl (C=O) groups is 4. The molecule has 0 bridgehead atoms. The van der Waals surface area contributed by atoms with Gasteiger partial charge < -0.3 is 20.2 Å². The van der Waals surface area contributed by atoms with Crippen molar-refractivity contribution in [2.45, 2.75) is 115 Å². The number of nitrogens with one attached hydrogen (secondary N) is 2. The summed E-state index contributed by atoms with van der Waals surface area (Å²) in [6, 6.07) is 17.9. The smallest absolute Gasteiger partial charge is 0.263 e. The zero-order valence-electron chi connectivity index (χ0n) is 37.7. The Balaban J connectivity index is 0.693. The van der Waals surface area contributed by atoms with Crippen molar-refractivity contribution < 1.29 is 24.3 Å².